The molecule has 2 aromatic carbocycles. The van der Waals surface area contributed by atoms with Crippen molar-refractivity contribution in [3.05, 3.63) is 60.2 Å². The van der Waals surface area contributed by atoms with E-state index in [4.69, 9.17) is 0 Å². The normalized spacial score (nSPS) is 12.5. The van der Waals surface area contributed by atoms with Gasteiger partial charge in [0, 0.05) is 0 Å². The van der Waals surface area contributed by atoms with Crippen LogP contribution in [0.25, 0.3) is 9.78 Å². The maximum atomic E-state index is 9.55. The third-order valence-corrected chi connectivity index (χ3v) is 5.01. The molecule has 0 amide bonds. The van der Waals surface area contributed by atoms with Gasteiger partial charge in [0.25, 0.3) is 0 Å². The van der Waals surface area contributed by atoms with Gasteiger partial charge in [-0.25, -0.2) is 0 Å². The van der Waals surface area contributed by atoms with Crippen LogP contribution in [0.5, 0.6) is 0 Å². The van der Waals surface area contributed by atoms with Gasteiger partial charge < -0.3 is 0 Å². The average molecular weight is 317 g/mol. The van der Waals surface area contributed by atoms with E-state index in [0.29, 0.717) is 0 Å². The first-order chi connectivity index (χ1) is 9.36. The molecule has 0 bridgehead atoms. The molecule has 1 heterocycles. The fourth-order valence-electron chi connectivity index (χ4n) is 2.00. The van der Waals surface area contributed by atoms with Gasteiger partial charge in [-0.3, -0.25) is 0 Å². The summed E-state index contributed by atoms with van der Waals surface area (Å²) < 4.78 is 2.28. The van der Waals surface area contributed by atoms with Crippen molar-refractivity contribution in [1.29, 1.82) is 0 Å². The van der Waals surface area contributed by atoms with Crippen molar-refractivity contribution < 1.29 is 5.11 Å². The summed E-state index contributed by atoms with van der Waals surface area (Å²) in [4.78, 5) is 4.59. The van der Waals surface area contributed by atoms with E-state index in [2.05, 4.69) is 16.4 Å². The van der Waals surface area contributed by atoms with E-state index in [1.54, 1.807) is 0 Å². The van der Waals surface area contributed by atoms with Crippen molar-refractivity contribution in [2.75, 3.05) is 11.9 Å². The van der Waals surface area contributed by atoms with Gasteiger partial charge in [0.1, 0.15) is 0 Å². The summed E-state index contributed by atoms with van der Waals surface area (Å²) in [6.07, 6.45) is 0. The number of aliphatic hydroxyl groups excluding tert-OH is 1. The molecule has 19 heavy (non-hydrogen) atoms. The second kappa shape index (κ2) is 5.57. The number of aliphatic hydroxyl groups is 1. The predicted molar refractivity (Wildman–Crippen MR) is 78.6 cm³/mol. The predicted octanol–water partition coefficient (Wildman–Crippen LogP) is 2.44. The fourth-order valence-corrected chi connectivity index (χ4v) is 3.93. The number of anilines is 1. The minimum atomic E-state index is -0.0869. The Labute approximate surface area is 117 Å². The first-order valence-corrected chi connectivity index (χ1v) is 7.86. The fraction of sp³-hybridized carbons (Fsp3) is 0.133. The van der Waals surface area contributed by atoms with E-state index in [1.165, 1.54) is 4.26 Å². The molecule has 1 atom stereocenters. The van der Waals surface area contributed by atoms with Crippen LogP contribution in [0.3, 0.4) is 0 Å². The Hall–Kier alpha value is -1.61. The summed E-state index contributed by atoms with van der Waals surface area (Å²) in [5.74, 6) is 0. The van der Waals surface area contributed by atoms with Crippen LogP contribution in [0, 0.1) is 0 Å². The Morgan fingerprint density at radius 2 is 1.79 bits per heavy atom. The summed E-state index contributed by atoms with van der Waals surface area (Å²) >= 11 is 0.207. The molecule has 0 aliphatic carbocycles. The molecule has 96 valence electrons. The van der Waals surface area contributed by atoms with Crippen LogP contribution in [0.4, 0.5) is 4.69 Å². The third kappa shape index (κ3) is 2.71. The summed E-state index contributed by atoms with van der Waals surface area (Å²) in [7, 11) is 0. The van der Waals surface area contributed by atoms with Gasteiger partial charge in [-0.2, -0.15) is 0 Å². The molecule has 3 rings (SSSR count). The Morgan fingerprint density at radius 3 is 2.53 bits per heavy atom. The Balaban J connectivity index is 1.86. The van der Waals surface area contributed by atoms with Gasteiger partial charge in [0.2, 0.25) is 0 Å². The second-order valence-corrected chi connectivity index (χ2v) is 6.44. The molecule has 0 spiro atoms. The van der Waals surface area contributed by atoms with Crippen LogP contribution < -0.4 is 5.32 Å². The van der Waals surface area contributed by atoms with Crippen molar-refractivity contribution in [3.63, 3.8) is 0 Å². The molecular weight excluding hydrogens is 303 g/mol. The van der Waals surface area contributed by atoms with Gasteiger partial charge in [-0.15, -0.1) is 0 Å². The first-order valence-electron chi connectivity index (χ1n) is 6.15. The van der Waals surface area contributed by atoms with Crippen molar-refractivity contribution >= 4 is 29.0 Å². The minimum absolute atomic E-state index is 0.0649. The van der Waals surface area contributed by atoms with Crippen molar-refractivity contribution in [2.45, 2.75) is 6.04 Å². The molecule has 0 aliphatic rings. The van der Waals surface area contributed by atoms with Crippen molar-refractivity contribution in [1.82, 2.24) is 4.98 Å². The van der Waals surface area contributed by atoms with E-state index in [-0.39, 0.29) is 27.2 Å². The number of fused-ring (bicyclic) bond motifs is 1. The number of nitrogens with zero attached hydrogens (tertiary/aromatic N) is 1. The van der Waals surface area contributed by atoms with Gasteiger partial charge >= 0.3 is 117 Å². The number of benzene rings is 2. The zero-order chi connectivity index (χ0) is 13.1. The molecule has 3 aromatic rings. The molecule has 0 radical (unpaired) electrons. The number of hydrogen-bond donors (Lipinski definition) is 2. The molecule has 1 aromatic heterocycles. The van der Waals surface area contributed by atoms with E-state index in [1.807, 2.05) is 48.5 Å². The van der Waals surface area contributed by atoms with Gasteiger partial charge in [-0.1, -0.05) is 0 Å². The SMILES string of the molecule is OC[C@H](Nc1nc2ccccc2[se]1)c1ccccc1. The number of rotatable bonds is 4. The van der Waals surface area contributed by atoms with E-state index in [9.17, 15) is 5.11 Å². The number of nitrogens with one attached hydrogen (secondary N) is 1. The number of para-hydroxylation sites is 1. The molecule has 2 N–H and O–H groups in total. The van der Waals surface area contributed by atoms with Crippen LogP contribution in [0.15, 0.2) is 54.6 Å². The summed E-state index contributed by atoms with van der Waals surface area (Å²) in [6.45, 7) is 0.0649. The van der Waals surface area contributed by atoms with E-state index in [0.717, 1.165) is 15.8 Å². The van der Waals surface area contributed by atoms with E-state index >= 15 is 0 Å². The Kier molecular flexibility index (Phi) is 3.64. The van der Waals surface area contributed by atoms with Gasteiger partial charge in [0.15, 0.2) is 0 Å². The molecule has 0 saturated heterocycles. The Morgan fingerprint density at radius 1 is 1.05 bits per heavy atom. The van der Waals surface area contributed by atoms with E-state index < -0.39 is 0 Å². The van der Waals surface area contributed by atoms with Gasteiger partial charge in [-0.05, 0) is 0 Å². The Bertz CT molecular complexity index is 633. The maximum absolute atomic E-state index is 9.55. The molecule has 0 saturated carbocycles. The van der Waals surface area contributed by atoms with Crippen LogP contribution in [-0.2, 0) is 0 Å². The molecular formula is C15H14N2OSe. The van der Waals surface area contributed by atoms with Crippen LogP contribution in [-0.4, -0.2) is 31.2 Å². The number of aromatic nitrogens is 1. The summed E-state index contributed by atoms with van der Waals surface area (Å²) in [5.41, 5.74) is 2.13. The topological polar surface area (TPSA) is 45.1 Å². The van der Waals surface area contributed by atoms with Crippen molar-refractivity contribution in [2.24, 2.45) is 0 Å². The first kappa shape index (κ1) is 12.4. The third-order valence-electron chi connectivity index (χ3n) is 2.98. The summed E-state index contributed by atoms with van der Waals surface area (Å²) in [6, 6.07) is 18.1. The monoisotopic (exact) mass is 318 g/mol. The molecule has 3 nitrogen and oxygen atoms in total. The zero-order valence-electron chi connectivity index (χ0n) is 10.3. The molecule has 0 unspecified atom stereocenters. The molecule has 4 heteroatoms. The van der Waals surface area contributed by atoms with Crippen molar-refractivity contribution in [3.8, 4) is 0 Å². The van der Waals surface area contributed by atoms with Crippen LogP contribution in [0.2, 0.25) is 0 Å². The van der Waals surface area contributed by atoms with Gasteiger partial charge in [0.05, 0.1) is 0 Å². The number of hydrogen-bond acceptors (Lipinski definition) is 3. The molecule has 0 fully saturated rings. The van der Waals surface area contributed by atoms with Crippen LogP contribution >= 0.6 is 0 Å². The average Bonchev–Trinajstić information content (AvgIpc) is 2.88. The quantitative estimate of drug-likeness (QED) is 0.727. The zero-order valence-corrected chi connectivity index (χ0v) is 12.0. The van der Waals surface area contributed by atoms with Crippen LogP contribution in [0.1, 0.15) is 11.6 Å². The molecule has 0 aliphatic heterocycles. The standard InChI is InChI=1S/C15H14N2OSe/c18-10-13(11-6-2-1-3-7-11)17-15-16-12-8-4-5-9-14(12)19-15/h1-9,13,18H,10H2,(H,16,17)/t13-/m0/s1. The summed E-state index contributed by atoms with van der Waals surface area (Å²) in [5, 5.41) is 12.9. The second-order valence-electron chi connectivity index (χ2n) is 4.28.